The van der Waals surface area contributed by atoms with Gasteiger partial charge in [-0.1, -0.05) is 12.1 Å². The van der Waals surface area contributed by atoms with Gasteiger partial charge in [0.2, 0.25) is 0 Å². The van der Waals surface area contributed by atoms with Crippen molar-refractivity contribution in [2.75, 3.05) is 6.79 Å². The zero-order valence-corrected chi connectivity index (χ0v) is 14.0. The molecule has 136 valence electrons. The normalized spacial score (nSPS) is 12.9. The summed E-state index contributed by atoms with van der Waals surface area (Å²) < 4.78 is 15.9. The number of nitrogens with zero attached hydrogens (tertiary/aromatic N) is 3. The lowest BCUT2D eigenvalue weighted by Gasteiger charge is -2.20. The number of esters is 1. The van der Waals surface area contributed by atoms with Crippen molar-refractivity contribution in [3.8, 4) is 5.75 Å². The van der Waals surface area contributed by atoms with E-state index in [4.69, 9.17) is 14.2 Å². The van der Waals surface area contributed by atoms with E-state index in [1.807, 2.05) is 6.07 Å². The molecular weight excluding hydrogens is 354 g/mol. The number of carbonyl (C=O) groups excluding carboxylic acids is 1. The highest BCUT2D eigenvalue weighted by molar-refractivity contribution is 5.89. The third kappa shape index (κ3) is 3.40. The first-order chi connectivity index (χ1) is 13.1. The average Bonchev–Trinajstić information content (AvgIpc) is 2.71. The van der Waals surface area contributed by atoms with Crippen molar-refractivity contribution in [1.82, 2.24) is 9.97 Å². The fraction of sp³-hybridized carbons (Fsp3) is 0.167. The second kappa shape index (κ2) is 6.96. The fourth-order valence-electron chi connectivity index (χ4n) is 2.77. The number of carbonyl (C=O) groups is 1. The summed E-state index contributed by atoms with van der Waals surface area (Å²) in [6.45, 7) is 0.0212. The van der Waals surface area contributed by atoms with Gasteiger partial charge in [0.05, 0.1) is 28.8 Å². The molecule has 4 rings (SSSR count). The van der Waals surface area contributed by atoms with Gasteiger partial charge in [-0.25, -0.2) is 9.78 Å². The number of fused-ring (bicyclic) bond motifs is 2. The van der Waals surface area contributed by atoms with Crippen LogP contribution in [-0.2, 0) is 22.7 Å². The van der Waals surface area contributed by atoms with Gasteiger partial charge in [0.25, 0.3) is 5.69 Å². The van der Waals surface area contributed by atoms with Crippen LogP contribution in [0.25, 0.3) is 11.0 Å². The number of ether oxygens (including phenoxy) is 3. The van der Waals surface area contributed by atoms with Crippen LogP contribution in [0.5, 0.6) is 5.75 Å². The van der Waals surface area contributed by atoms with Crippen molar-refractivity contribution >= 4 is 22.7 Å². The molecule has 0 fully saturated rings. The van der Waals surface area contributed by atoms with Crippen molar-refractivity contribution in [2.45, 2.75) is 13.2 Å². The molecule has 0 amide bonds. The van der Waals surface area contributed by atoms with E-state index in [1.54, 1.807) is 18.2 Å². The molecule has 3 aromatic rings. The molecule has 27 heavy (non-hydrogen) atoms. The van der Waals surface area contributed by atoms with Gasteiger partial charge in [-0.2, -0.15) is 0 Å². The molecule has 1 aliphatic rings. The quantitative estimate of drug-likeness (QED) is 0.393. The maximum absolute atomic E-state index is 12.3. The average molecular weight is 367 g/mol. The summed E-state index contributed by atoms with van der Waals surface area (Å²) in [5.74, 6) is -0.246. The number of benzene rings is 2. The van der Waals surface area contributed by atoms with E-state index in [1.165, 1.54) is 18.3 Å². The molecule has 0 spiro atoms. The lowest BCUT2D eigenvalue weighted by Crippen LogP contribution is -2.15. The molecule has 1 aliphatic heterocycles. The maximum atomic E-state index is 12.3. The molecular formula is C18H13N3O6. The van der Waals surface area contributed by atoms with Crippen molar-refractivity contribution in [3.05, 3.63) is 69.5 Å². The number of hydrogen-bond donors (Lipinski definition) is 0. The van der Waals surface area contributed by atoms with E-state index >= 15 is 0 Å². The number of non-ortho nitro benzene ring substituents is 1. The van der Waals surface area contributed by atoms with Gasteiger partial charge in [0.1, 0.15) is 12.4 Å². The molecule has 0 N–H and O–H groups in total. The first kappa shape index (κ1) is 16.9. The molecule has 0 bridgehead atoms. The Bertz CT molecular complexity index is 1050. The van der Waals surface area contributed by atoms with Gasteiger partial charge in [-0.3, -0.25) is 15.1 Å². The highest BCUT2D eigenvalue weighted by Crippen LogP contribution is 2.33. The molecule has 9 nitrogen and oxygen atoms in total. The Balaban J connectivity index is 1.57. The minimum Gasteiger partial charge on any atom is -0.467 e. The summed E-state index contributed by atoms with van der Waals surface area (Å²) in [4.78, 5) is 31.3. The lowest BCUT2D eigenvalue weighted by atomic mass is 10.1. The minimum atomic E-state index is -0.680. The largest absolute Gasteiger partial charge is 0.467 e. The number of rotatable bonds is 4. The number of para-hydroxylation sites is 2. The summed E-state index contributed by atoms with van der Waals surface area (Å²) in [6, 6.07) is 9.85. The van der Waals surface area contributed by atoms with Gasteiger partial charge in [0.15, 0.2) is 12.5 Å². The van der Waals surface area contributed by atoms with Gasteiger partial charge in [0, 0.05) is 23.3 Å². The van der Waals surface area contributed by atoms with Crippen molar-refractivity contribution in [1.29, 1.82) is 0 Å². The van der Waals surface area contributed by atoms with Crippen LogP contribution in [-0.4, -0.2) is 27.7 Å². The van der Waals surface area contributed by atoms with Crippen LogP contribution in [0.4, 0.5) is 5.69 Å². The highest BCUT2D eigenvalue weighted by atomic mass is 16.7. The SMILES string of the molecule is O=C(OCc1cc([N+](=O)[O-])cc2c1OCOC2)c1cnc2ccccc2n1. The van der Waals surface area contributed by atoms with Gasteiger partial charge < -0.3 is 14.2 Å². The minimum absolute atomic E-state index is 0.0297. The number of nitro groups is 1. The molecule has 0 saturated heterocycles. The number of hydrogen-bond acceptors (Lipinski definition) is 8. The third-order valence-electron chi connectivity index (χ3n) is 4.00. The molecule has 0 saturated carbocycles. The van der Waals surface area contributed by atoms with E-state index in [0.29, 0.717) is 27.9 Å². The van der Waals surface area contributed by atoms with E-state index < -0.39 is 10.9 Å². The Hall–Kier alpha value is -3.59. The van der Waals surface area contributed by atoms with E-state index in [9.17, 15) is 14.9 Å². The second-order valence-electron chi connectivity index (χ2n) is 5.78. The zero-order valence-electron chi connectivity index (χ0n) is 14.0. The van der Waals surface area contributed by atoms with Crippen LogP contribution in [0.1, 0.15) is 21.6 Å². The summed E-state index contributed by atoms with van der Waals surface area (Å²) >= 11 is 0. The van der Waals surface area contributed by atoms with Crippen LogP contribution < -0.4 is 4.74 Å². The summed E-state index contributed by atoms with van der Waals surface area (Å²) in [5.41, 5.74) is 2.09. The predicted octanol–water partition coefficient (Wildman–Crippen LogP) is 2.76. The van der Waals surface area contributed by atoms with Gasteiger partial charge in [-0.15, -0.1) is 0 Å². The van der Waals surface area contributed by atoms with Crippen LogP contribution >= 0.6 is 0 Å². The Morgan fingerprint density at radius 1 is 1.26 bits per heavy atom. The van der Waals surface area contributed by atoms with Gasteiger partial charge >= 0.3 is 5.97 Å². The Labute approximate surface area is 152 Å². The molecule has 2 aromatic carbocycles. The Morgan fingerprint density at radius 3 is 2.89 bits per heavy atom. The molecule has 2 heterocycles. The van der Waals surface area contributed by atoms with Crippen molar-refractivity contribution < 1.29 is 23.9 Å². The highest BCUT2D eigenvalue weighted by Gasteiger charge is 2.22. The number of nitro benzene ring substituents is 1. The van der Waals surface area contributed by atoms with Crippen LogP contribution in [0.15, 0.2) is 42.6 Å². The summed E-state index contributed by atoms with van der Waals surface area (Å²) in [5, 5.41) is 11.1. The number of aromatic nitrogens is 2. The van der Waals surface area contributed by atoms with E-state index in [0.717, 1.165) is 0 Å². The second-order valence-corrected chi connectivity index (χ2v) is 5.78. The topological polar surface area (TPSA) is 114 Å². The third-order valence-corrected chi connectivity index (χ3v) is 4.00. The first-order valence-electron chi connectivity index (χ1n) is 8.01. The Kier molecular flexibility index (Phi) is 4.35. The molecule has 1 aromatic heterocycles. The smallest absolute Gasteiger partial charge is 0.358 e. The molecule has 0 unspecified atom stereocenters. The monoisotopic (exact) mass is 367 g/mol. The van der Waals surface area contributed by atoms with E-state index in [2.05, 4.69) is 9.97 Å². The van der Waals surface area contributed by atoms with E-state index in [-0.39, 0.29) is 31.4 Å². The molecule has 9 heteroatoms. The first-order valence-corrected chi connectivity index (χ1v) is 8.01. The molecule has 0 aliphatic carbocycles. The van der Waals surface area contributed by atoms with Gasteiger partial charge in [-0.05, 0) is 12.1 Å². The van der Waals surface area contributed by atoms with Crippen molar-refractivity contribution in [3.63, 3.8) is 0 Å². The maximum Gasteiger partial charge on any atom is 0.358 e. The van der Waals surface area contributed by atoms with Crippen LogP contribution in [0.2, 0.25) is 0 Å². The zero-order chi connectivity index (χ0) is 18.8. The van der Waals surface area contributed by atoms with Crippen molar-refractivity contribution in [2.24, 2.45) is 0 Å². The lowest BCUT2D eigenvalue weighted by molar-refractivity contribution is -0.385. The van der Waals surface area contributed by atoms with Crippen LogP contribution in [0.3, 0.4) is 0 Å². The molecule has 0 radical (unpaired) electrons. The summed E-state index contributed by atoms with van der Waals surface area (Å²) in [6.07, 6.45) is 1.33. The summed E-state index contributed by atoms with van der Waals surface area (Å²) in [7, 11) is 0. The standard InChI is InChI=1S/C18H13N3O6/c22-18(16-7-19-14-3-1-2-4-15(14)20-16)26-9-12-6-13(21(23)24)5-11-8-25-10-27-17(11)12/h1-7H,8-10H2. The molecule has 0 atom stereocenters. The fourth-order valence-corrected chi connectivity index (χ4v) is 2.77. The Morgan fingerprint density at radius 2 is 2.07 bits per heavy atom. The van der Waals surface area contributed by atoms with Crippen LogP contribution in [0, 0.1) is 10.1 Å². The predicted molar refractivity (Wildman–Crippen MR) is 92.0 cm³/mol.